The number of benzene rings is 1. The molecule has 1 aliphatic carbocycles. The molecule has 0 spiro atoms. The zero-order chi connectivity index (χ0) is 20.3. The lowest BCUT2D eigenvalue weighted by molar-refractivity contribution is -0.167. The van der Waals surface area contributed by atoms with Gasteiger partial charge in [-0.25, -0.2) is 4.79 Å². The van der Waals surface area contributed by atoms with Gasteiger partial charge in [0.15, 0.2) is 12.5 Å². The molecule has 8 nitrogen and oxygen atoms in total. The molecule has 1 saturated carbocycles. The highest BCUT2D eigenvalue weighted by atomic mass is 16.7. The fraction of sp³-hybridized carbons (Fsp3) is 0.476. The minimum absolute atomic E-state index is 0.0267. The third-order valence-corrected chi connectivity index (χ3v) is 5.67. The summed E-state index contributed by atoms with van der Waals surface area (Å²) in [5.41, 5.74) is 5.38. The Balaban J connectivity index is 1.40. The van der Waals surface area contributed by atoms with Crippen molar-refractivity contribution in [1.29, 1.82) is 0 Å². The molecule has 4 rings (SSSR count). The molecule has 8 heteroatoms. The SMILES string of the molecule is Nc1ccn(C2COC(COC(=O)C3(c4ccccc4)CCCCC3)O2)c(=O)n1. The summed E-state index contributed by atoms with van der Waals surface area (Å²) in [6, 6.07) is 11.3. The van der Waals surface area contributed by atoms with E-state index in [1.54, 1.807) is 0 Å². The van der Waals surface area contributed by atoms with Crippen LogP contribution in [0.4, 0.5) is 5.82 Å². The zero-order valence-electron chi connectivity index (χ0n) is 16.2. The van der Waals surface area contributed by atoms with E-state index in [4.69, 9.17) is 19.9 Å². The first-order valence-corrected chi connectivity index (χ1v) is 9.93. The Bertz CT molecular complexity index is 908. The van der Waals surface area contributed by atoms with Crippen LogP contribution in [0.1, 0.15) is 43.9 Å². The van der Waals surface area contributed by atoms with Gasteiger partial charge < -0.3 is 19.9 Å². The number of anilines is 1. The topological polar surface area (TPSA) is 106 Å². The van der Waals surface area contributed by atoms with E-state index in [-0.39, 0.29) is 25.0 Å². The second-order valence-corrected chi connectivity index (χ2v) is 7.50. The summed E-state index contributed by atoms with van der Waals surface area (Å²) >= 11 is 0. The van der Waals surface area contributed by atoms with E-state index in [2.05, 4.69) is 4.98 Å². The van der Waals surface area contributed by atoms with E-state index in [1.807, 2.05) is 30.3 Å². The highest BCUT2D eigenvalue weighted by Gasteiger charge is 2.43. The molecule has 2 aliphatic rings. The molecule has 29 heavy (non-hydrogen) atoms. The summed E-state index contributed by atoms with van der Waals surface area (Å²) in [5.74, 6) is -0.0975. The van der Waals surface area contributed by atoms with Crippen molar-refractivity contribution < 1.29 is 19.0 Å². The lowest BCUT2D eigenvalue weighted by atomic mass is 9.69. The average molecular weight is 399 g/mol. The third-order valence-electron chi connectivity index (χ3n) is 5.67. The molecule has 2 atom stereocenters. The smallest absolute Gasteiger partial charge is 0.351 e. The van der Waals surface area contributed by atoms with Gasteiger partial charge in [0, 0.05) is 6.20 Å². The quantitative estimate of drug-likeness (QED) is 0.768. The Kier molecular flexibility index (Phi) is 5.64. The molecule has 2 unspecified atom stereocenters. The van der Waals surface area contributed by atoms with Gasteiger partial charge in [-0.15, -0.1) is 0 Å². The van der Waals surface area contributed by atoms with E-state index in [1.165, 1.54) is 16.8 Å². The number of hydrogen-bond donors (Lipinski definition) is 1. The van der Waals surface area contributed by atoms with Gasteiger partial charge in [0.1, 0.15) is 12.4 Å². The van der Waals surface area contributed by atoms with Crippen LogP contribution in [0, 0.1) is 0 Å². The molecule has 1 aliphatic heterocycles. The molecule has 0 radical (unpaired) electrons. The maximum Gasteiger partial charge on any atom is 0.351 e. The highest BCUT2D eigenvalue weighted by Crippen LogP contribution is 2.40. The maximum absolute atomic E-state index is 13.1. The Morgan fingerprint density at radius 1 is 1.21 bits per heavy atom. The van der Waals surface area contributed by atoms with Crippen LogP contribution in [0.25, 0.3) is 0 Å². The molecule has 0 bridgehead atoms. The lowest BCUT2D eigenvalue weighted by Crippen LogP contribution is -2.40. The van der Waals surface area contributed by atoms with Gasteiger partial charge in [-0.3, -0.25) is 9.36 Å². The number of nitrogens with two attached hydrogens (primary N) is 1. The monoisotopic (exact) mass is 399 g/mol. The zero-order valence-corrected chi connectivity index (χ0v) is 16.2. The molecule has 154 valence electrons. The van der Waals surface area contributed by atoms with E-state index < -0.39 is 23.6 Å². The number of carbonyl (C=O) groups excluding carboxylic acids is 1. The summed E-state index contributed by atoms with van der Waals surface area (Å²) in [6.07, 6.45) is 4.82. The number of rotatable bonds is 5. The first-order valence-electron chi connectivity index (χ1n) is 9.93. The van der Waals surface area contributed by atoms with Crippen molar-refractivity contribution in [3.8, 4) is 0 Å². The predicted molar refractivity (Wildman–Crippen MR) is 105 cm³/mol. The average Bonchev–Trinajstić information content (AvgIpc) is 3.22. The van der Waals surface area contributed by atoms with Gasteiger partial charge >= 0.3 is 11.7 Å². The normalized spacial score (nSPS) is 23.6. The van der Waals surface area contributed by atoms with Gasteiger partial charge in [0.2, 0.25) is 0 Å². The van der Waals surface area contributed by atoms with E-state index in [9.17, 15) is 9.59 Å². The van der Waals surface area contributed by atoms with Crippen LogP contribution in [-0.4, -0.2) is 35.0 Å². The summed E-state index contributed by atoms with van der Waals surface area (Å²) in [6.45, 7) is 0.138. The molecular weight excluding hydrogens is 374 g/mol. The van der Waals surface area contributed by atoms with Crippen LogP contribution in [0.2, 0.25) is 0 Å². The number of nitrogen functional groups attached to an aromatic ring is 1. The molecule has 2 aromatic rings. The van der Waals surface area contributed by atoms with Crippen molar-refractivity contribution in [2.45, 2.75) is 50.0 Å². The van der Waals surface area contributed by atoms with E-state index >= 15 is 0 Å². The Morgan fingerprint density at radius 2 is 1.97 bits per heavy atom. The Labute approximate surface area is 168 Å². The van der Waals surface area contributed by atoms with Gasteiger partial charge in [0.05, 0.1) is 12.0 Å². The van der Waals surface area contributed by atoms with Crippen LogP contribution in [-0.2, 0) is 24.4 Å². The van der Waals surface area contributed by atoms with Crippen molar-refractivity contribution in [3.05, 3.63) is 58.6 Å². The number of esters is 1. The summed E-state index contributed by atoms with van der Waals surface area (Å²) in [4.78, 5) is 28.7. The van der Waals surface area contributed by atoms with Crippen molar-refractivity contribution >= 4 is 11.8 Å². The van der Waals surface area contributed by atoms with Crippen LogP contribution in [0.3, 0.4) is 0 Å². The van der Waals surface area contributed by atoms with Crippen LogP contribution < -0.4 is 11.4 Å². The van der Waals surface area contributed by atoms with Crippen molar-refractivity contribution in [1.82, 2.24) is 9.55 Å². The second-order valence-electron chi connectivity index (χ2n) is 7.50. The van der Waals surface area contributed by atoms with E-state index in [0.29, 0.717) is 0 Å². The standard InChI is InChI=1S/C21H25N3O5/c22-16-9-12-24(20(26)23-16)17-13-27-18(29-17)14-28-19(25)21(10-5-2-6-11-21)15-7-3-1-4-8-15/h1,3-4,7-9,12,17-18H,2,5-6,10-11,13-14H2,(H2,22,23,26). The largest absolute Gasteiger partial charge is 0.460 e. The molecule has 1 aromatic heterocycles. The molecule has 1 aromatic carbocycles. The fourth-order valence-electron chi connectivity index (χ4n) is 4.13. The minimum atomic E-state index is -0.732. The number of ether oxygens (including phenoxy) is 3. The van der Waals surface area contributed by atoms with E-state index in [0.717, 1.165) is 37.7 Å². The summed E-state index contributed by atoms with van der Waals surface area (Å²) in [7, 11) is 0. The fourth-order valence-corrected chi connectivity index (χ4v) is 4.13. The number of carbonyl (C=O) groups is 1. The third kappa shape index (κ3) is 4.04. The number of hydrogen-bond acceptors (Lipinski definition) is 7. The molecule has 2 fully saturated rings. The molecule has 2 heterocycles. The summed E-state index contributed by atoms with van der Waals surface area (Å²) < 4.78 is 18.2. The Morgan fingerprint density at radius 3 is 2.69 bits per heavy atom. The predicted octanol–water partition coefficient (Wildman–Crippen LogP) is 2.14. The summed E-state index contributed by atoms with van der Waals surface area (Å²) in [5, 5.41) is 0. The molecule has 1 saturated heterocycles. The first kappa shape index (κ1) is 19.6. The number of nitrogens with zero attached hydrogens (tertiary/aromatic N) is 2. The molecule has 2 N–H and O–H groups in total. The number of aromatic nitrogens is 2. The first-order chi connectivity index (χ1) is 14.1. The van der Waals surface area contributed by atoms with Crippen molar-refractivity contribution in [3.63, 3.8) is 0 Å². The van der Waals surface area contributed by atoms with Crippen molar-refractivity contribution in [2.24, 2.45) is 0 Å². The van der Waals surface area contributed by atoms with Crippen LogP contribution in [0.15, 0.2) is 47.4 Å². The van der Waals surface area contributed by atoms with Crippen LogP contribution >= 0.6 is 0 Å². The van der Waals surface area contributed by atoms with Gasteiger partial charge in [-0.1, -0.05) is 49.6 Å². The lowest BCUT2D eigenvalue weighted by Gasteiger charge is -2.35. The molecular formula is C21H25N3O5. The van der Waals surface area contributed by atoms with Gasteiger partial charge in [-0.2, -0.15) is 4.98 Å². The van der Waals surface area contributed by atoms with Gasteiger partial charge in [0.25, 0.3) is 0 Å². The maximum atomic E-state index is 13.1. The highest BCUT2D eigenvalue weighted by molar-refractivity contribution is 5.83. The van der Waals surface area contributed by atoms with Crippen molar-refractivity contribution in [2.75, 3.05) is 18.9 Å². The minimum Gasteiger partial charge on any atom is -0.460 e. The Hall–Kier alpha value is -2.71. The van der Waals surface area contributed by atoms with Gasteiger partial charge in [-0.05, 0) is 24.5 Å². The van der Waals surface area contributed by atoms with Crippen LogP contribution in [0.5, 0.6) is 0 Å². The molecule has 0 amide bonds. The second kappa shape index (κ2) is 8.34.